The van der Waals surface area contributed by atoms with Gasteiger partial charge in [0.05, 0.1) is 0 Å². The van der Waals surface area contributed by atoms with Gasteiger partial charge in [-0.25, -0.2) is 8.78 Å². The van der Waals surface area contributed by atoms with E-state index in [4.69, 9.17) is 0 Å². The third-order valence-corrected chi connectivity index (χ3v) is 8.34. The van der Waals surface area contributed by atoms with Gasteiger partial charge in [0.2, 0.25) is 12.5 Å². The number of carbonyl (C=O) groups is 3. The lowest BCUT2D eigenvalue weighted by atomic mass is 9.77. The van der Waals surface area contributed by atoms with Gasteiger partial charge in [0, 0.05) is 55.8 Å². The fourth-order valence-electron chi connectivity index (χ4n) is 6.07. The molecule has 3 fully saturated rings. The van der Waals surface area contributed by atoms with Crippen LogP contribution >= 0.6 is 0 Å². The number of nitrogens with zero attached hydrogens (tertiary/aromatic N) is 3. The van der Waals surface area contributed by atoms with Crippen LogP contribution < -0.4 is 0 Å². The molecule has 190 valence electrons. The van der Waals surface area contributed by atoms with E-state index >= 15 is 0 Å². The minimum atomic E-state index is -0.873. The van der Waals surface area contributed by atoms with Crippen molar-refractivity contribution in [1.82, 2.24) is 9.80 Å². The van der Waals surface area contributed by atoms with E-state index in [1.54, 1.807) is 4.90 Å². The molecule has 0 radical (unpaired) electrons. The van der Waals surface area contributed by atoms with E-state index in [0.29, 0.717) is 39.0 Å². The largest absolute Gasteiger partial charge is 0.342 e. The van der Waals surface area contributed by atoms with Crippen molar-refractivity contribution in [2.75, 3.05) is 32.7 Å². The molecule has 1 aliphatic carbocycles. The molecule has 2 heterocycles. The van der Waals surface area contributed by atoms with Gasteiger partial charge in [0.25, 0.3) is 5.91 Å². The summed E-state index contributed by atoms with van der Waals surface area (Å²) in [6, 6.07) is 2.40. The number of nitro groups is 1. The molecule has 3 atom stereocenters. The zero-order valence-electron chi connectivity index (χ0n) is 20.1. The van der Waals surface area contributed by atoms with Crippen LogP contribution in [-0.4, -0.2) is 65.0 Å². The SMILES string of the molecule is Cc1ccc(F)c(C(=O)N2CCC3(CCN(C(=O)C[C@H]4C(=O)C[C@@H](C)[C@@H]4C[N+](=O)[O-])C3)CC2)c1F. The average molecular weight is 492 g/mol. The predicted molar refractivity (Wildman–Crippen MR) is 122 cm³/mol. The Balaban J connectivity index is 1.36. The second-order valence-electron chi connectivity index (χ2n) is 10.5. The number of amides is 2. The van der Waals surface area contributed by atoms with Crippen molar-refractivity contribution < 1.29 is 28.1 Å². The summed E-state index contributed by atoms with van der Waals surface area (Å²) >= 11 is 0. The first-order valence-corrected chi connectivity index (χ1v) is 12.2. The highest BCUT2D eigenvalue weighted by molar-refractivity contribution is 5.95. The Labute approximate surface area is 202 Å². The predicted octanol–water partition coefficient (Wildman–Crippen LogP) is 3.24. The minimum Gasteiger partial charge on any atom is -0.342 e. The van der Waals surface area contributed by atoms with Crippen LogP contribution in [0, 0.1) is 51.8 Å². The molecule has 0 N–H and O–H groups in total. The summed E-state index contributed by atoms with van der Waals surface area (Å²) in [4.78, 5) is 52.1. The van der Waals surface area contributed by atoms with Crippen LogP contribution in [0.15, 0.2) is 12.1 Å². The van der Waals surface area contributed by atoms with Crippen LogP contribution in [0.25, 0.3) is 0 Å². The Morgan fingerprint density at radius 2 is 1.77 bits per heavy atom. The van der Waals surface area contributed by atoms with E-state index in [9.17, 15) is 33.3 Å². The van der Waals surface area contributed by atoms with E-state index in [1.807, 2.05) is 6.92 Å². The fourth-order valence-corrected chi connectivity index (χ4v) is 6.07. The van der Waals surface area contributed by atoms with Gasteiger partial charge in [-0.1, -0.05) is 13.0 Å². The van der Waals surface area contributed by atoms with Crippen molar-refractivity contribution in [3.8, 4) is 0 Å². The molecule has 2 amide bonds. The molecule has 1 aromatic carbocycles. The first-order chi connectivity index (χ1) is 16.5. The Bertz CT molecular complexity index is 1050. The lowest BCUT2D eigenvalue weighted by molar-refractivity contribution is -0.490. The minimum absolute atomic E-state index is 0.00567. The average Bonchev–Trinajstić information content (AvgIpc) is 3.32. The maximum atomic E-state index is 14.4. The number of hydrogen-bond donors (Lipinski definition) is 0. The van der Waals surface area contributed by atoms with Crippen LogP contribution in [-0.2, 0) is 9.59 Å². The first kappa shape index (κ1) is 25.2. The molecule has 35 heavy (non-hydrogen) atoms. The number of benzene rings is 1. The summed E-state index contributed by atoms with van der Waals surface area (Å²) in [5.74, 6) is -3.75. The number of hydrogen-bond acceptors (Lipinski definition) is 5. The van der Waals surface area contributed by atoms with E-state index in [1.165, 1.54) is 17.9 Å². The van der Waals surface area contributed by atoms with E-state index in [2.05, 4.69) is 0 Å². The summed E-state index contributed by atoms with van der Waals surface area (Å²) in [5, 5.41) is 11.0. The molecule has 8 nitrogen and oxygen atoms in total. The van der Waals surface area contributed by atoms with Crippen LogP contribution in [0.2, 0.25) is 0 Å². The smallest absolute Gasteiger partial charge is 0.259 e. The van der Waals surface area contributed by atoms with Gasteiger partial charge in [-0.05, 0) is 49.1 Å². The quantitative estimate of drug-likeness (QED) is 0.465. The van der Waals surface area contributed by atoms with Crippen molar-refractivity contribution in [3.63, 3.8) is 0 Å². The van der Waals surface area contributed by atoms with Crippen molar-refractivity contribution in [1.29, 1.82) is 0 Å². The topological polar surface area (TPSA) is 101 Å². The highest BCUT2D eigenvalue weighted by Gasteiger charge is 2.47. The zero-order chi connectivity index (χ0) is 25.5. The fraction of sp³-hybridized carbons (Fsp3) is 0.640. The maximum absolute atomic E-state index is 14.4. The number of carbonyl (C=O) groups excluding carboxylic acids is 3. The molecular weight excluding hydrogens is 460 g/mol. The Kier molecular flexibility index (Phi) is 6.92. The third-order valence-electron chi connectivity index (χ3n) is 8.34. The summed E-state index contributed by atoms with van der Waals surface area (Å²) in [6.07, 6.45) is 2.24. The van der Waals surface area contributed by atoms with Gasteiger partial charge in [0.15, 0.2) is 0 Å². The lowest BCUT2D eigenvalue weighted by Crippen LogP contribution is -2.45. The third kappa shape index (κ3) is 4.92. The molecule has 0 aromatic heterocycles. The number of likely N-dealkylation sites (tertiary alicyclic amines) is 2. The molecule has 4 rings (SSSR count). The van der Waals surface area contributed by atoms with Gasteiger partial charge in [-0.3, -0.25) is 24.5 Å². The molecule has 2 saturated heterocycles. The standard InChI is InChI=1S/C25H31F2N3O5/c1-15-3-4-19(26)22(23(15)27)24(33)28-8-5-25(6-9-28)7-10-29(14-25)21(32)12-17-18(13-30(34)35)16(2)11-20(17)31/h3-4,16-18H,5-14H2,1-2H3/t16-,17-,18+/m1/s1. The normalized spacial score (nSPS) is 25.9. The lowest BCUT2D eigenvalue weighted by Gasteiger charge is -2.39. The molecule has 1 spiro atoms. The molecule has 2 aliphatic heterocycles. The number of Topliss-reactive ketones (excluding diaryl/α,β-unsaturated/α-hetero) is 1. The number of rotatable bonds is 5. The van der Waals surface area contributed by atoms with Crippen molar-refractivity contribution in [2.45, 2.75) is 46.0 Å². The van der Waals surface area contributed by atoms with Crippen molar-refractivity contribution in [3.05, 3.63) is 45.0 Å². The van der Waals surface area contributed by atoms with Crippen molar-refractivity contribution >= 4 is 17.6 Å². The summed E-state index contributed by atoms with van der Waals surface area (Å²) < 4.78 is 28.6. The highest BCUT2D eigenvalue weighted by Crippen LogP contribution is 2.42. The molecule has 0 unspecified atom stereocenters. The van der Waals surface area contributed by atoms with E-state index in [0.717, 1.165) is 12.5 Å². The molecule has 3 aliphatic rings. The summed E-state index contributed by atoms with van der Waals surface area (Å²) in [5.41, 5.74) is -0.490. The molecule has 0 bridgehead atoms. The Hall–Kier alpha value is -2.91. The second kappa shape index (κ2) is 9.62. The molecular formula is C25H31F2N3O5. The Morgan fingerprint density at radius 1 is 1.14 bits per heavy atom. The summed E-state index contributed by atoms with van der Waals surface area (Å²) in [6.45, 7) is 4.72. The van der Waals surface area contributed by atoms with Gasteiger partial charge in [0.1, 0.15) is 23.0 Å². The van der Waals surface area contributed by atoms with E-state index in [-0.39, 0.29) is 48.0 Å². The number of aryl methyl sites for hydroxylation is 1. The van der Waals surface area contributed by atoms with E-state index < -0.39 is 39.9 Å². The second-order valence-corrected chi connectivity index (χ2v) is 10.5. The van der Waals surface area contributed by atoms with Crippen LogP contribution in [0.5, 0.6) is 0 Å². The van der Waals surface area contributed by atoms with Gasteiger partial charge < -0.3 is 9.80 Å². The number of halogens is 2. The van der Waals surface area contributed by atoms with Crippen LogP contribution in [0.1, 0.15) is 54.9 Å². The molecule has 10 heteroatoms. The van der Waals surface area contributed by atoms with Gasteiger partial charge >= 0.3 is 0 Å². The summed E-state index contributed by atoms with van der Waals surface area (Å²) in [7, 11) is 0. The molecule has 1 aromatic rings. The number of ketones is 1. The number of piperidine rings is 1. The van der Waals surface area contributed by atoms with Crippen LogP contribution in [0.4, 0.5) is 8.78 Å². The Morgan fingerprint density at radius 3 is 2.40 bits per heavy atom. The first-order valence-electron chi connectivity index (χ1n) is 12.2. The highest BCUT2D eigenvalue weighted by atomic mass is 19.1. The van der Waals surface area contributed by atoms with Gasteiger partial charge in [-0.2, -0.15) is 0 Å². The maximum Gasteiger partial charge on any atom is 0.259 e. The van der Waals surface area contributed by atoms with Crippen LogP contribution in [0.3, 0.4) is 0 Å². The molecule has 1 saturated carbocycles. The van der Waals surface area contributed by atoms with Crippen molar-refractivity contribution in [2.24, 2.45) is 23.2 Å². The monoisotopic (exact) mass is 491 g/mol. The zero-order valence-corrected chi connectivity index (χ0v) is 20.1. The van der Waals surface area contributed by atoms with Gasteiger partial charge in [-0.15, -0.1) is 0 Å².